The predicted molar refractivity (Wildman–Crippen MR) is 102 cm³/mol. The van der Waals surface area contributed by atoms with Crippen LogP contribution in [0.4, 0.5) is 5.82 Å². The van der Waals surface area contributed by atoms with Crippen molar-refractivity contribution in [1.29, 1.82) is 0 Å². The van der Waals surface area contributed by atoms with Crippen LogP contribution in [0.5, 0.6) is 5.75 Å². The predicted octanol–water partition coefficient (Wildman–Crippen LogP) is 1.97. The quantitative estimate of drug-likeness (QED) is 0.592. The van der Waals surface area contributed by atoms with Crippen molar-refractivity contribution < 1.29 is 9.53 Å². The third-order valence-electron chi connectivity index (χ3n) is 3.72. The first kappa shape index (κ1) is 18.4. The fourth-order valence-corrected chi connectivity index (χ4v) is 2.44. The standard InChI is InChI=1S/C19H22N6O2/c1-14(27-16-7-4-3-5-8-16)19(26)21-11-10-20-17-13-18(24-15(2)23-17)25-12-6-9-22-25/h3-9,12-14H,10-11H2,1-2H3,(H,21,26)(H,20,23,24). The molecule has 2 aromatic heterocycles. The van der Waals surface area contributed by atoms with Crippen molar-refractivity contribution in [2.24, 2.45) is 0 Å². The van der Waals surface area contributed by atoms with Gasteiger partial charge in [-0.3, -0.25) is 4.79 Å². The molecule has 0 aliphatic carbocycles. The second kappa shape index (κ2) is 8.79. The molecule has 140 valence electrons. The van der Waals surface area contributed by atoms with Gasteiger partial charge in [0.1, 0.15) is 17.4 Å². The highest BCUT2D eigenvalue weighted by Gasteiger charge is 2.13. The van der Waals surface area contributed by atoms with E-state index in [2.05, 4.69) is 25.7 Å². The number of amides is 1. The summed E-state index contributed by atoms with van der Waals surface area (Å²) in [6.45, 7) is 4.52. The molecule has 3 aromatic rings. The van der Waals surface area contributed by atoms with Gasteiger partial charge in [-0.1, -0.05) is 18.2 Å². The third kappa shape index (κ3) is 5.27. The van der Waals surface area contributed by atoms with Gasteiger partial charge < -0.3 is 15.4 Å². The number of para-hydroxylation sites is 1. The van der Waals surface area contributed by atoms with Crippen LogP contribution in [0.2, 0.25) is 0 Å². The number of nitrogens with zero attached hydrogens (tertiary/aromatic N) is 4. The molecule has 1 amide bonds. The van der Waals surface area contributed by atoms with Gasteiger partial charge in [0.2, 0.25) is 0 Å². The molecule has 0 bridgehead atoms. The molecule has 2 heterocycles. The van der Waals surface area contributed by atoms with Crippen LogP contribution in [-0.2, 0) is 4.79 Å². The van der Waals surface area contributed by atoms with Crippen LogP contribution < -0.4 is 15.4 Å². The summed E-state index contributed by atoms with van der Waals surface area (Å²) >= 11 is 0. The molecule has 0 spiro atoms. The molecule has 8 heteroatoms. The van der Waals surface area contributed by atoms with E-state index in [1.165, 1.54) is 0 Å². The molecule has 27 heavy (non-hydrogen) atoms. The molecule has 1 unspecified atom stereocenters. The van der Waals surface area contributed by atoms with E-state index in [4.69, 9.17) is 4.74 Å². The van der Waals surface area contributed by atoms with Crippen LogP contribution in [0.3, 0.4) is 0 Å². The Morgan fingerprint density at radius 3 is 2.74 bits per heavy atom. The number of carbonyl (C=O) groups is 1. The first-order valence-corrected chi connectivity index (χ1v) is 8.71. The number of aryl methyl sites for hydroxylation is 1. The van der Waals surface area contributed by atoms with E-state index >= 15 is 0 Å². The topological polar surface area (TPSA) is 94.0 Å². The van der Waals surface area contributed by atoms with Crippen molar-refractivity contribution >= 4 is 11.7 Å². The minimum absolute atomic E-state index is 0.170. The number of nitrogens with one attached hydrogen (secondary N) is 2. The fraction of sp³-hybridized carbons (Fsp3) is 0.263. The summed E-state index contributed by atoms with van der Waals surface area (Å²) in [5.74, 6) is 2.50. The van der Waals surface area contributed by atoms with Crippen LogP contribution in [0.25, 0.3) is 5.82 Å². The van der Waals surface area contributed by atoms with Crippen LogP contribution in [0.1, 0.15) is 12.7 Å². The Morgan fingerprint density at radius 1 is 1.19 bits per heavy atom. The third-order valence-corrected chi connectivity index (χ3v) is 3.72. The molecule has 2 N–H and O–H groups in total. The molecule has 0 saturated carbocycles. The Hall–Kier alpha value is -3.42. The first-order chi connectivity index (χ1) is 13.1. The minimum Gasteiger partial charge on any atom is -0.481 e. The van der Waals surface area contributed by atoms with E-state index in [-0.39, 0.29) is 5.91 Å². The number of anilines is 1. The largest absolute Gasteiger partial charge is 0.481 e. The number of hydrogen-bond acceptors (Lipinski definition) is 6. The summed E-state index contributed by atoms with van der Waals surface area (Å²) in [7, 11) is 0. The highest BCUT2D eigenvalue weighted by atomic mass is 16.5. The monoisotopic (exact) mass is 366 g/mol. The number of benzene rings is 1. The van der Waals surface area contributed by atoms with Gasteiger partial charge >= 0.3 is 0 Å². The zero-order valence-corrected chi connectivity index (χ0v) is 15.3. The lowest BCUT2D eigenvalue weighted by Gasteiger charge is -2.15. The maximum Gasteiger partial charge on any atom is 0.260 e. The molecule has 0 saturated heterocycles. The highest BCUT2D eigenvalue weighted by molar-refractivity contribution is 5.80. The number of carbonyl (C=O) groups excluding carboxylic acids is 1. The first-order valence-electron chi connectivity index (χ1n) is 8.71. The minimum atomic E-state index is -0.569. The summed E-state index contributed by atoms with van der Waals surface area (Å²) in [5.41, 5.74) is 0. The van der Waals surface area contributed by atoms with Gasteiger partial charge in [0.15, 0.2) is 11.9 Å². The average molecular weight is 366 g/mol. The van der Waals surface area contributed by atoms with Gasteiger partial charge in [-0.05, 0) is 32.0 Å². The van der Waals surface area contributed by atoms with Gasteiger partial charge in [-0.2, -0.15) is 5.10 Å². The van der Waals surface area contributed by atoms with Crippen LogP contribution >= 0.6 is 0 Å². The Kier molecular flexibility index (Phi) is 5.98. The highest BCUT2D eigenvalue weighted by Crippen LogP contribution is 2.11. The molecule has 3 rings (SSSR count). The Bertz CT molecular complexity index is 867. The molecule has 1 aromatic carbocycles. The van der Waals surface area contributed by atoms with E-state index in [1.54, 1.807) is 17.8 Å². The van der Waals surface area contributed by atoms with E-state index < -0.39 is 6.10 Å². The van der Waals surface area contributed by atoms with E-state index in [9.17, 15) is 4.79 Å². The molecule has 0 fully saturated rings. The number of ether oxygens (including phenoxy) is 1. The van der Waals surface area contributed by atoms with Gasteiger partial charge in [-0.25, -0.2) is 14.6 Å². The zero-order chi connectivity index (χ0) is 19.1. The van der Waals surface area contributed by atoms with Crippen molar-refractivity contribution in [2.75, 3.05) is 18.4 Å². The van der Waals surface area contributed by atoms with Gasteiger partial charge in [0, 0.05) is 31.5 Å². The normalized spacial score (nSPS) is 11.6. The molecule has 0 radical (unpaired) electrons. The number of aromatic nitrogens is 4. The Labute approximate surface area is 157 Å². The lowest BCUT2D eigenvalue weighted by atomic mass is 10.3. The lowest BCUT2D eigenvalue weighted by molar-refractivity contribution is -0.127. The van der Waals surface area contributed by atoms with Gasteiger partial charge in [-0.15, -0.1) is 0 Å². The van der Waals surface area contributed by atoms with Crippen LogP contribution in [0.15, 0.2) is 54.9 Å². The Morgan fingerprint density at radius 2 is 2.00 bits per heavy atom. The summed E-state index contributed by atoms with van der Waals surface area (Å²) in [4.78, 5) is 20.8. The van der Waals surface area contributed by atoms with Gasteiger partial charge in [0.05, 0.1) is 0 Å². The maximum absolute atomic E-state index is 12.1. The van der Waals surface area contributed by atoms with E-state index in [0.29, 0.717) is 36.3 Å². The SMILES string of the molecule is Cc1nc(NCCNC(=O)C(C)Oc2ccccc2)cc(-n2cccn2)n1. The van der Waals surface area contributed by atoms with Crippen LogP contribution in [-0.4, -0.2) is 44.8 Å². The summed E-state index contributed by atoms with van der Waals surface area (Å²) in [6.07, 6.45) is 2.94. The van der Waals surface area contributed by atoms with E-state index in [0.717, 1.165) is 0 Å². The van der Waals surface area contributed by atoms with Gasteiger partial charge in [0.25, 0.3) is 5.91 Å². The van der Waals surface area contributed by atoms with Crippen molar-refractivity contribution in [1.82, 2.24) is 25.1 Å². The molecule has 1 atom stereocenters. The summed E-state index contributed by atoms with van der Waals surface area (Å²) < 4.78 is 7.27. The molecule has 0 aliphatic rings. The lowest BCUT2D eigenvalue weighted by Crippen LogP contribution is -2.38. The average Bonchev–Trinajstić information content (AvgIpc) is 3.20. The smallest absolute Gasteiger partial charge is 0.260 e. The zero-order valence-electron chi connectivity index (χ0n) is 15.3. The molecule has 8 nitrogen and oxygen atoms in total. The van der Waals surface area contributed by atoms with E-state index in [1.807, 2.05) is 55.6 Å². The number of hydrogen-bond donors (Lipinski definition) is 2. The van der Waals surface area contributed by atoms with Crippen molar-refractivity contribution in [3.63, 3.8) is 0 Å². The summed E-state index contributed by atoms with van der Waals surface area (Å²) in [5, 5.41) is 10.2. The summed E-state index contributed by atoms with van der Waals surface area (Å²) in [6, 6.07) is 12.9. The molecular weight excluding hydrogens is 344 g/mol. The maximum atomic E-state index is 12.1. The number of rotatable bonds is 8. The van der Waals surface area contributed by atoms with Crippen molar-refractivity contribution in [3.8, 4) is 11.6 Å². The molecule has 0 aliphatic heterocycles. The second-order valence-electron chi connectivity index (χ2n) is 5.90. The Balaban J connectivity index is 1.46. The fourth-order valence-electron chi connectivity index (χ4n) is 2.44. The van der Waals surface area contributed by atoms with Crippen LogP contribution in [0, 0.1) is 6.92 Å². The second-order valence-corrected chi connectivity index (χ2v) is 5.90. The molecular formula is C19H22N6O2. The van der Waals surface area contributed by atoms with Crippen molar-refractivity contribution in [2.45, 2.75) is 20.0 Å². The van der Waals surface area contributed by atoms with Crippen molar-refractivity contribution in [3.05, 3.63) is 60.7 Å².